The van der Waals surface area contributed by atoms with Crippen molar-refractivity contribution in [3.8, 4) is 0 Å². The van der Waals surface area contributed by atoms with Crippen molar-refractivity contribution >= 4 is 11.6 Å². The fourth-order valence-corrected chi connectivity index (χ4v) is 1.08. The van der Waals surface area contributed by atoms with Gasteiger partial charge in [0.15, 0.2) is 0 Å². The number of halogens is 4. The van der Waals surface area contributed by atoms with Gasteiger partial charge >= 0.3 is 6.18 Å². The smallest absolute Gasteiger partial charge is 0.231 e. The summed E-state index contributed by atoms with van der Waals surface area (Å²) in [7, 11) is 0. The van der Waals surface area contributed by atoms with Crippen LogP contribution < -0.4 is 0 Å². The second-order valence-electron chi connectivity index (χ2n) is 2.74. The average molecular weight is 210 g/mol. The van der Waals surface area contributed by atoms with E-state index >= 15 is 0 Å². The zero-order valence-electron chi connectivity index (χ0n) is 7.04. The molecule has 0 N–H and O–H groups in total. The third-order valence-corrected chi connectivity index (χ3v) is 2.13. The van der Waals surface area contributed by atoms with E-state index in [4.69, 9.17) is 11.6 Å². The van der Waals surface area contributed by atoms with E-state index in [9.17, 15) is 13.2 Å². The highest BCUT2D eigenvalue weighted by molar-refractivity contribution is 6.30. The van der Waals surface area contributed by atoms with Gasteiger partial charge in [0.1, 0.15) is 10.8 Å². The lowest BCUT2D eigenvalue weighted by atomic mass is 10.1. The van der Waals surface area contributed by atoms with Crippen molar-refractivity contribution in [2.24, 2.45) is 0 Å². The van der Waals surface area contributed by atoms with Crippen molar-refractivity contribution in [2.45, 2.75) is 20.0 Å². The molecule has 1 heterocycles. The van der Waals surface area contributed by atoms with E-state index in [0.717, 1.165) is 6.07 Å². The third-order valence-electron chi connectivity index (χ3n) is 1.76. The molecule has 0 radical (unpaired) electrons. The SMILES string of the molecule is Cc1cc(C(F)(F)F)nc(Cl)c1C. The van der Waals surface area contributed by atoms with Crippen LogP contribution in [0.3, 0.4) is 0 Å². The average Bonchev–Trinajstić information content (AvgIpc) is 1.97. The van der Waals surface area contributed by atoms with Crippen molar-refractivity contribution < 1.29 is 13.2 Å². The largest absolute Gasteiger partial charge is 0.433 e. The molecular formula is C8H7ClF3N. The van der Waals surface area contributed by atoms with Gasteiger partial charge in [-0.1, -0.05) is 11.6 Å². The minimum Gasteiger partial charge on any atom is -0.231 e. The number of hydrogen-bond acceptors (Lipinski definition) is 1. The Hall–Kier alpha value is -0.770. The number of pyridine rings is 1. The maximum absolute atomic E-state index is 12.2. The highest BCUT2D eigenvalue weighted by Gasteiger charge is 2.33. The van der Waals surface area contributed by atoms with Gasteiger partial charge < -0.3 is 0 Å². The number of rotatable bonds is 0. The Bertz CT molecular complexity index is 310. The van der Waals surface area contributed by atoms with Gasteiger partial charge in [0, 0.05) is 0 Å². The highest BCUT2D eigenvalue weighted by atomic mass is 35.5. The van der Waals surface area contributed by atoms with E-state index in [0.29, 0.717) is 11.1 Å². The van der Waals surface area contributed by atoms with Crippen molar-refractivity contribution in [1.82, 2.24) is 4.98 Å². The molecule has 72 valence electrons. The van der Waals surface area contributed by atoms with E-state index in [1.807, 2.05) is 0 Å². The summed E-state index contributed by atoms with van der Waals surface area (Å²) >= 11 is 5.51. The number of aromatic nitrogens is 1. The van der Waals surface area contributed by atoms with Gasteiger partial charge in [-0.25, -0.2) is 4.98 Å². The molecule has 1 nitrogen and oxygen atoms in total. The molecule has 5 heteroatoms. The van der Waals surface area contributed by atoms with Crippen LogP contribution in [-0.4, -0.2) is 4.98 Å². The van der Waals surface area contributed by atoms with Gasteiger partial charge in [-0.05, 0) is 31.0 Å². The molecule has 0 fully saturated rings. The minimum absolute atomic E-state index is 0.0904. The number of nitrogens with zero attached hydrogens (tertiary/aromatic N) is 1. The third kappa shape index (κ3) is 2.12. The Morgan fingerprint density at radius 1 is 1.31 bits per heavy atom. The number of alkyl halides is 3. The summed E-state index contributed by atoms with van der Waals surface area (Å²) in [6, 6.07) is 0.987. The second-order valence-corrected chi connectivity index (χ2v) is 3.10. The predicted molar refractivity (Wildman–Crippen MR) is 43.7 cm³/mol. The first-order valence-electron chi connectivity index (χ1n) is 3.53. The first-order chi connectivity index (χ1) is 5.82. The Morgan fingerprint density at radius 2 is 1.85 bits per heavy atom. The molecule has 0 atom stereocenters. The van der Waals surface area contributed by atoms with E-state index in [1.54, 1.807) is 13.8 Å². The quantitative estimate of drug-likeness (QED) is 0.597. The van der Waals surface area contributed by atoms with Crippen LogP contribution in [0.5, 0.6) is 0 Å². The molecule has 0 bridgehead atoms. The van der Waals surface area contributed by atoms with Crippen LogP contribution in [0.2, 0.25) is 5.15 Å². The minimum atomic E-state index is -4.43. The normalized spacial score (nSPS) is 11.8. The summed E-state index contributed by atoms with van der Waals surface area (Å²) in [6.07, 6.45) is -4.43. The fourth-order valence-electron chi connectivity index (χ4n) is 0.843. The molecule has 0 saturated heterocycles. The zero-order chi connectivity index (χ0) is 10.2. The molecule has 1 aromatic rings. The first-order valence-corrected chi connectivity index (χ1v) is 3.91. The van der Waals surface area contributed by atoms with Crippen LogP contribution in [0.25, 0.3) is 0 Å². The zero-order valence-corrected chi connectivity index (χ0v) is 7.79. The molecule has 1 aromatic heterocycles. The molecule has 13 heavy (non-hydrogen) atoms. The Kier molecular flexibility index (Phi) is 2.52. The lowest BCUT2D eigenvalue weighted by Gasteiger charge is -2.09. The molecule has 0 amide bonds. The standard InChI is InChI=1S/C8H7ClF3N/c1-4-3-6(8(10,11)12)13-7(9)5(4)2/h3H,1-2H3. The summed E-state index contributed by atoms with van der Waals surface area (Å²) in [5.41, 5.74) is 0.127. The summed E-state index contributed by atoms with van der Waals surface area (Å²) < 4.78 is 36.5. The van der Waals surface area contributed by atoms with Gasteiger partial charge in [0.2, 0.25) is 0 Å². The van der Waals surface area contributed by atoms with Crippen molar-refractivity contribution in [1.29, 1.82) is 0 Å². The second kappa shape index (κ2) is 3.18. The Balaban J connectivity index is 3.29. The number of aryl methyl sites for hydroxylation is 1. The molecule has 0 aliphatic heterocycles. The Labute approximate surface area is 78.5 Å². The number of hydrogen-bond donors (Lipinski definition) is 0. The van der Waals surface area contributed by atoms with Crippen LogP contribution in [0.15, 0.2) is 6.07 Å². The summed E-state index contributed by atoms with van der Waals surface area (Å²) in [5.74, 6) is 0. The van der Waals surface area contributed by atoms with E-state index in [1.165, 1.54) is 0 Å². The van der Waals surface area contributed by atoms with Gasteiger partial charge in [-0.15, -0.1) is 0 Å². The monoisotopic (exact) mass is 209 g/mol. The van der Waals surface area contributed by atoms with Crippen LogP contribution in [0.1, 0.15) is 16.8 Å². The first kappa shape index (κ1) is 10.3. The van der Waals surface area contributed by atoms with Gasteiger partial charge in [0.05, 0.1) is 0 Å². The molecular weight excluding hydrogens is 203 g/mol. The van der Waals surface area contributed by atoms with E-state index < -0.39 is 11.9 Å². The maximum atomic E-state index is 12.2. The molecule has 0 saturated carbocycles. The summed E-state index contributed by atoms with van der Waals surface area (Å²) in [6.45, 7) is 3.20. The summed E-state index contributed by atoms with van der Waals surface area (Å²) in [5, 5.41) is -0.0904. The van der Waals surface area contributed by atoms with Crippen LogP contribution in [0.4, 0.5) is 13.2 Å². The van der Waals surface area contributed by atoms with Crippen LogP contribution in [0, 0.1) is 13.8 Å². The Morgan fingerprint density at radius 3 is 2.23 bits per heavy atom. The fraction of sp³-hybridized carbons (Fsp3) is 0.375. The maximum Gasteiger partial charge on any atom is 0.433 e. The topological polar surface area (TPSA) is 12.9 Å². The predicted octanol–water partition coefficient (Wildman–Crippen LogP) is 3.37. The van der Waals surface area contributed by atoms with Gasteiger partial charge in [-0.3, -0.25) is 0 Å². The highest BCUT2D eigenvalue weighted by Crippen LogP contribution is 2.30. The summed E-state index contributed by atoms with van der Waals surface area (Å²) in [4.78, 5) is 3.25. The van der Waals surface area contributed by atoms with Crippen molar-refractivity contribution in [3.63, 3.8) is 0 Å². The lowest BCUT2D eigenvalue weighted by molar-refractivity contribution is -0.141. The van der Waals surface area contributed by atoms with Crippen molar-refractivity contribution in [3.05, 3.63) is 28.0 Å². The molecule has 1 rings (SSSR count). The van der Waals surface area contributed by atoms with Gasteiger partial charge in [0.25, 0.3) is 0 Å². The lowest BCUT2D eigenvalue weighted by Crippen LogP contribution is -2.09. The molecule has 0 aliphatic carbocycles. The van der Waals surface area contributed by atoms with E-state index in [2.05, 4.69) is 4.98 Å². The molecule has 0 aromatic carbocycles. The van der Waals surface area contributed by atoms with Crippen LogP contribution >= 0.6 is 11.6 Å². The van der Waals surface area contributed by atoms with Gasteiger partial charge in [-0.2, -0.15) is 13.2 Å². The molecule has 0 unspecified atom stereocenters. The molecule has 0 spiro atoms. The van der Waals surface area contributed by atoms with E-state index in [-0.39, 0.29) is 5.15 Å². The van der Waals surface area contributed by atoms with Crippen molar-refractivity contribution in [2.75, 3.05) is 0 Å². The molecule has 0 aliphatic rings. The van der Waals surface area contributed by atoms with Crippen LogP contribution in [-0.2, 0) is 6.18 Å².